The molecule has 8 bridgehead atoms. The summed E-state index contributed by atoms with van der Waals surface area (Å²) in [6, 6.07) is 27.9. The highest BCUT2D eigenvalue weighted by Crippen LogP contribution is 2.50. The SMILES string of the molecule is [2H]C([2H])(CC(NC(=O)C1C([2H])([2H])C([2H])([2H])C(F)(F)C([2H])([2H])C1([2H])[2H])c1ccccc1)N1C2CCC1CC(n1c(C)nnc1C([2H])(C([2H])([2H])[2H])C([2H])([2H])[2H])C2.[2H]C([2H])(CC(NC(=O)C1CCC(F)(F)CC1)c1ccccc1)N1C2CCC1CC(n1c(C)nnc1C([2H])(C([2H])([2H])[2H])C([2H])([2H])[2H])C2.[2H]C([2H])([2H])C([2H])(c1nnc(C)n1C1CC2CCC(C1)N2CCC(NC(=O)C1C([2H])([2H])C([2H])([2H])C(F)(F)C([2H])([2H])C1([2H])[2H])c1ccccc1)C([2H])([2H])[2H].[2H]C([2H])([2H])C([2H])(c1nnc(C)n1C1CC2CCC(C1)N2CCC(NC(=O)C1CCC(F)(F)CC1)c1ccccc1)C([2H])([2H])[2H]. The molecule has 4 aliphatic carbocycles. The summed E-state index contributed by atoms with van der Waals surface area (Å²) in [5, 5.41) is 42.6. The van der Waals surface area contributed by atoms with Crippen LogP contribution in [0, 0.1) is 51.4 Å². The Hall–Kier alpha value is -9.40. The standard InChI is InChI=1S/4C29H41F2N5O/c4*1-19(2)27-34-33-20(3)36(27)25-17-23-9-10-24(18-25)35(23)16-13-26(21-7-5-4-6-8-21)32-28(37)22-11-14-29(30,31)15-12-22/h4*4-8,19,22-26H,9-18H2,1-3H3,(H,32,37)/i1D3,2D3,11D2,12D2,14D2,15D2,16D2,19D;1D3,2D3,11D2,12D2,14D2,15D2,19D;1D3,2D3,16D2,19D;1D3,2D3,19D. The van der Waals surface area contributed by atoms with Crippen molar-refractivity contribution in [1.29, 1.82) is 0 Å². The summed E-state index contributed by atoms with van der Waals surface area (Å²) in [4.78, 5) is 62.0. The van der Waals surface area contributed by atoms with Gasteiger partial charge in [-0.1, -0.05) is 176 Å². The Morgan fingerprint density at radius 1 is 0.311 bits per heavy atom. The van der Waals surface area contributed by atoms with Gasteiger partial charge in [-0.05, 0) is 230 Å². The van der Waals surface area contributed by atoms with Crippen LogP contribution in [0.4, 0.5) is 35.1 Å². The second-order valence-electron chi connectivity index (χ2n) is 41.1. The van der Waals surface area contributed by atoms with Crippen molar-refractivity contribution in [2.75, 3.05) is 26.1 Å². The van der Waals surface area contributed by atoms with Gasteiger partial charge in [-0.2, -0.15) is 0 Å². The third kappa shape index (κ3) is 26.7. The van der Waals surface area contributed by atoms with Crippen molar-refractivity contribution >= 4 is 23.6 Å². The van der Waals surface area contributed by atoms with Crippen LogP contribution in [0.5, 0.6) is 0 Å². The minimum atomic E-state index is -5.20. The number of hydrogen-bond donors (Lipinski definition) is 4. The lowest BCUT2D eigenvalue weighted by molar-refractivity contribution is -0.131. The normalized spacial score (nSPS) is 35.6. The van der Waals surface area contributed by atoms with Crippen molar-refractivity contribution in [2.24, 2.45) is 23.7 Å². The molecule has 12 unspecified atom stereocenters. The van der Waals surface area contributed by atoms with Gasteiger partial charge in [-0.25, -0.2) is 35.1 Å². The molecular weight excluding hydrogens is 1890 g/mol. The van der Waals surface area contributed by atoms with E-state index in [0.717, 1.165) is 18.4 Å². The van der Waals surface area contributed by atoms with E-state index in [4.69, 9.17) is 60.3 Å². The molecule has 12 fully saturated rings. The van der Waals surface area contributed by atoms with Crippen molar-refractivity contribution in [2.45, 2.75) is 457 Å². The second-order valence-corrected chi connectivity index (χ2v) is 41.1. The van der Waals surface area contributed by atoms with Gasteiger partial charge in [-0.3, -0.25) is 38.8 Å². The number of carbonyl (C=O) groups excluding carboxylic acids is 4. The van der Waals surface area contributed by atoms with Gasteiger partial charge in [0, 0.05) is 263 Å². The van der Waals surface area contributed by atoms with Crippen LogP contribution in [0.1, 0.15) is 492 Å². The largest absolute Gasteiger partial charge is 0.349 e. The number of nitrogens with zero attached hydrogens (tertiary/aromatic N) is 16. The fraction of sp³-hybridized carbons (Fsp3) is 0.690. The Bertz CT molecular complexity index is 7710. The topological polar surface area (TPSA) is 252 Å². The summed E-state index contributed by atoms with van der Waals surface area (Å²) in [7, 11) is 0. The van der Waals surface area contributed by atoms with E-state index < -0.39 is 274 Å². The third-order valence-corrected chi connectivity index (χ3v) is 31.5. The summed E-state index contributed by atoms with van der Waals surface area (Å²) >= 11 is 0. The second kappa shape index (κ2) is 48.3. The average Bonchev–Trinajstić information content (AvgIpc) is 0.696. The van der Waals surface area contributed by atoms with Crippen molar-refractivity contribution < 1.29 is 120 Å². The van der Waals surface area contributed by atoms with Gasteiger partial charge in [0.1, 0.15) is 46.6 Å². The molecule has 12 aliphatic rings. The molecule has 8 aromatic rings. The summed E-state index contributed by atoms with van der Waals surface area (Å²) in [5.41, 5.74) is 2.40. The minimum Gasteiger partial charge on any atom is -0.349 e. The van der Waals surface area contributed by atoms with Gasteiger partial charge >= 0.3 is 0 Å². The molecule has 12 atom stereocenters. The van der Waals surface area contributed by atoms with Crippen LogP contribution in [0.25, 0.3) is 0 Å². The molecule has 4 saturated carbocycles. The first-order valence-corrected chi connectivity index (χ1v) is 51.3. The minimum absolute atomic E-state index is 0.0680. The number of aromatic nitrogens is 12. The lowest BCUT2D eigenvalue weighted by atomic mass is 9.86. The highest BCUT2D eigenvalue weighted by Gasteiger charge is 2.50. The lowest BCUT2D eigenvalue weighted by Crippen LogP contribution is -2.45. The Morgan fingerprint density at radius 3 is 0.757 bits per heavy atom. The maximum Gasteiger partial charge on any atom is 0.248 e. The number of nitrogens with one attached hydrogen (secondary N) is 4. The van der Waals surface area contributed by atoms with Crippen LogP contribution >= 0.6 is 0 Å². The first-order valence-electron chi connectivity index (χ1n) is 75.3. The fourth-order valence-electron chi connectivity index (χ4n) is 24.4. The Morgan fingerprint density at radius 2 is 0.527 bits per heavy atom. The molecule has 0 spiro atoms. The van der Waals surface area contributed by atoms with E-state index in [-0.39, 0.29) is 166 Å². The zero-order chi connectivity index (χ0) is 146. The number of hydrogen-bond acceptors (Lipinski definition) is 16. The summed E-state index contributed by atoms with van der Waals surface area (Å²) < 4.78 is 513. The van der Waals surface area contributed by atoms with Crippen LogP contribution < -0.4 is 21.3 Å². The number of alkyl halides is 8. The number of fused-ring (bicyclic) bond motifs is 8. The zero-order valence-electron chi connectivity index (χ0n) is 131. The third-order valence-electron chi connectivity index (χ3n) is 31.5. The first-order chi connectivity index (χ1) is 89.6. The van der Waals surface area contributed by atoms with Crippen LogP contribution in [0.2, 0.25) is 0 Å². The molecular formula is C116H164F8N20O4. The van der Waals surface area contributed by atoms with Crippen molar-refractivity contribution in [3.63, 3.8) is 0 Å². The monoisotopic (exact) mass is 2100 g/mol. The molecule has 4 aromatic heterocycles. The number of benzene rings is 4. The molecule has 0 radical (unpaired) electrons. The number of rotatable bonds is 32. The van der Waals surface area contributed by atoms with Crippen molar-refractivity contribution in [3.05, 3.63) is 190 Å². The Labute approximate surface area is 938 Å². The van der Waals surface area contributed by atoms with E-state index in [9.17, 15) is 42.2 Å². The van der Waals surface area contributed by atoms with E-state index in [0.29, 0.717) is 114 Å². The fourth-order valence-corrected chi connectivity index (χ4v) is 24.4. The summed E-state index contributed by atoms with van der Waals surface area (Å²) in [6.07, 6.45) is -24.8. The molecule has 12 heterocycles. The Balaban J connectivity index is 0.000000170. The number of carbonyl (C=O) groups is 4. The van der Waals surface area contributed by atoms with Gasteiger partial charge in [-0.15, -0.1) is 40.8 Å². The molecule has 32 heteroatoms. The van der Waals surface area contributed by atoms with Gasteiger partial charge in [0.05, 0.1) is 24.2 Å². The molecule has 24 nitrogen and oxygen atoms in total. The predicted octanol–water partition coefficient (Wildman–Crippen LogP) is 23.8. The summed E-state index contributed by atoms with van der Waals surface area (Å²) in [5.74, 6) is -39.0. The predicted molar refractivity (Wildman–Crippen MR) is 558 cm³/mol. The maximum atomic E-state index is 15.1. The van der Waals surface area contributed by atoms with Gasteiger partial charge in [0.2, 0.25) is 47.3 Å². The van der Waals surface area contributed by atoms with Crippen LogP contribution in [-0.4, -0.2) is 200 Å². The Kier molecular flexibility index (Phi) is 20.9. The molecule has 8 aliphatic heterocycles. The molecule has 8 saturated heterocycles. The van der Waals surface area contributed by atoms with Gasteiger partial charge in [0.25, 0.3) is 0 Å². The molecule has 4 amide bonds. The maximum absolute atomic E-state index is 15.1. The van der Waals surface area contributed by atoms with Gasteiger partial charge < -0.3 is 39.5 Å². The van der Waals surface area contributed by atoms with Gasteiger partial charge in [0.15, 0.2) is 0 Å². The number of amides is 4. The molecule has 808 valence electrons. The molecule has 20 rings (SSSR count). The van der Waals surface area contributed by atoms with E-state index in [1.165, 1.54) is 32.8 Å². The first kappa shape index (κ1) is 63.9. The average molecular weight is 2100 g/mol. The highest BCUT2D eigenvalue weighted by molar-refractivity contribution is 5.81. The lowest BCUT2D eigenvalue weighted by Gasteiger charge is -2.40. The quantitative estimate of drug-likeness (QED) is 0.0286. The van der Waals surface area contributed by atoms with Crippen molar-refractivity contribution in [3.8, 4) is 0 Å². The van der Waals surface area contributed by atoms with E-state index in [1.807, 2.05) is 41.3 Å². The molecule has 4 N–H and O–H groups in total. The number of aryl methyl sites for hydroxylation is 4. The van der Waals surface area contributed by atoms with Crippen LogP contribution in [0.15, 0.2) is 121 Å². The zero-order valence-corrected chi connectivity index (χ0v) is 83.1. The molecule has 148 heavy (non-hydrogen) atoms. The van der Waals surface area contributed by atoms with Crippen LogP contribution in [0.3, 0.4) is 0 Å². The number of halogens is 8. The van der Waals surface area contributed by atoms with E-state index >= 15 is 17.6 Å². The van der Waals surface area contributed by atoms with Crippen LogP contribution in [-0.2, 0) is 19.2 Å². The van der Waals surface area contributed by atoms with E-state index in [1.54, 1.807) is 103 Å². The smallest absolute Gasteiger partial charge is 0.248 e. The van der Waals surface area contributed by atoms with E-state index in [2.05, 4.69) is 71.9 Å². The summed E-state index contributed by atoms with van der Waals surface area (Å²) in [6.45, 7) is -22.8. The highest BCUT2D eigenvalue weighted by atomic mass is 19.3. The number of piperidine rings is 4. The molecule has 4 aromatic carbocycles. The van der Waals surface area contributed by atoms with Crippen molar-refractivity contribution in [1.82, 2.24) is 99.9 Å².